The number of pyridine rings is 1. The van der Waals surface area contributed by atoms with Gasteiger partial charge in [0, 0.05) is 37.7 Å². The summed E-state index contributed by atoms with van der Waals surface area (Å²) < 4.78 is 28.5. The van der Waals surface area contributed by atoms with Crippen LogP contribution in [0.4, 0.5) is 0 Å². The molecule has 1 aliphatic rings. The van der Waals surface area contributed by atoms with Crippen molar-refractivity contribution in [3.63, 3.8) is 0 Å². The molecule has 0 radical (unpaired) electrons. The van der Waals surface area contributed by atoms with Crippen LogP contribution in [0.5, 0.6) is 23.0 Å². The third-order valence-corrected chi connectivity index (χ3v) is 8.01. The molecular weight excluding hydrogens is 506 g/mol. The monoisotopic (exact) mass is 553 g/mol. The van der Waals surface area contributed by atoms with Crippen molar-refractivity contribution < 1.29 is 23.7 Å². The molecule has 1 atom stereocenters. The average molecular weight is 554 g/mol. The molecule has 0 fully saturated rings. The normalized spacial score (nSPS) is 15.7. The van der Waals surface area contributed by atoms with Gasteiger partial charge < -0.3 is 28.6 Å². The highest BCUT2D eigenvalue weighted by molar-refractivity contribution is 5.54. The lowest BCUT2D eigenvalue weighted by atomic mass is 9.68. The highest BCUT2D eigenvalue weighted by Gasteiger charge is 2.41. The lowest BCUT2D eigenvalue weighted by molar-refractivity contribution is -0.181. The van der Waals surface area contributed by atoms with Crippen LogP contribution in [-0.4, -0.2) is 57.1 Å². The Morgan fingerprint density at radius 3 is 2.33 bits per heavy atom. The fourth-order valence-corrected chi connectivity index (χ4v) is 5.48. The molecule has 0 aliphatic carbocycles. The molecule has 220 valence electrons. The summed E-state index contributed by atoms with van der Waals surface area (Å²) in [4.78, 5) is 6.98. The van der Waals surface area contributed by atoms with Gasteiger partial charge >= 0.3 is 0 Å². The molecule has 1 unspecified atom stereocenters. The van der Waals surface area contributed by atoms with Crippen molar-refractivity contribution in [1.29, 1.82) is 5.26 Å². The molecule has 1 aliphatic heterocycles. The third-order valence-electron chi connectivity index (χ3n) is 8.01. The van der Waals surface area contributed by atoms with Gasteiger partial charge in [-0.1, -0.05) is 26.7 Å². The van der Waals surface area contributed by atoms with E-state index >= 15 is 0 Å². The molecule has 0 N–H and O–H groups in total. The van der Waals surface area contributed by atoms with E-state index in [0.717, 1.165) is 73.3 Å². The van der Waals surface area contributed by atoms with Crippen LogP contribution in [0.3, 0.4) is 0 Å². The van der Waals surface area contributed by atoms with E-state index in [0.29, 0.717) is 23.9 Å². The van der Waals surface area contributed by atoms with Gasteiger partial charge in [0.25, 0.3) is 0 Å². The summed E-state index contributed by atoms with van der Waals surface area (Å²) in [7, 11) is 7.04. The first-order valence-electron chi connectivity index (χ1n) is 14.2. The van der Waals surface area contributed by atoms with E-state index in [9.17, 15) is 5.26 Å². The lowest BCUT2D eigenvalue weighted by Gasteiger charge is -2.38. The van der Waals surface area contributed by atoms with Gasteiger partial charge in [0.2, 0.25) is 11.5 Å². The molecule has 40 heavy (non-hydrogen) atoms. The predicted octanol–water partition coefficient (Wildman–Crippen LogP) is 6.21. The van der Waals surface area contributed by atoms with Gasteiger partial charge in [-0.05, 0) is 63.4 Å². The minimum atomic E-state index is -0.706. The second kappa shape index (κ2) is 13.6. The van der Waals surface area contributed by atoms with Crippen LogP contribution in [0.1, 0.15) is 75.8 Å². The summed E-state index contributed by atoms with van der Waals surface area (Å²) in [5.74, 6) is 2.16. The smallest absolute Gasteiger partial charge is 0.205 e. The molecule has 8 heteroatoms. The molecule has 8 nitrogen and oxygen atoms in total. The van der Waals surface area contributed by atoms with Crippen molar-refractivity contribution in [2.45, 2.75) is 84.5 Å². The number of hydrogen-bond donors (Lipinski definition) is 0. The van der Waals surface area contributed by atoms with E-state index in [2.05, 4.69) is 36.8 Å². The second-order valence-electron chi connectivity index (χ2n) is 11.5. The van der Waals surface area contributed by atoms with Gasteiger partial charge in [-0.15, -0.1) is 0 Å². The van der Waals surface area contributed by atoms with Crippen LogP contribution in [0.15, 0.2) is 18.3 Å². The molecule has 2 aromatic rings. The van der Waals surface area contributed by atoms with Crippen LogP contribution in [0.25, 0.3) is 0 Å². The highest BCUT2D eigenvalue weighted by Crippen LogP contribution is 2.44. The van der Waals surface area contributed by atoms with E-state index in [1.165, 1.54) is 0 Å². The van der Waals surface area contributed by atoms with Crippen LogP contribution in [0, 0.1) is 24.2 Å². The minimum Gasteiger partial charge on any atom is -0.493 e. The third kappa shape index (κ3) is 7.00. The molecular formula is C32H47N3O5. The van der Waals surface area contributed by atoms with E-state index in [1.807, 2.05) is 39.1 Å². The number of aryl methyl sites for hydroxylation is 1. The maximum Gasteiger partial charge on any atom is 0.205 e. The highest BCUT2D eigenvalue weighted by atomic mass is 16.7. The van der Waals surface area contributed by atoms with E-state index in [-0.39, 0.29) is 5.92 Å². The molecule has 0 spiro atoms. The van der Waals surface area contributed by atoms with Gasteiger partial charge in [-0.25, -0.2) is 0 Å². The van der Waals surface area contributed by atoms with E-state index in [4.69, 9.17) is 23.7 Å². The number of unbranched alkanes of at least 4 members (excludes halogenated alkanes) is 2. The maximum absolute atomic E-state index is 10.5. The number of nitriles is 1. The zero-order chi connectivity index (χ0) is 29.5. The van der Waals surface area contributed by atoms with Crippen LogP contribution in [-0.2, 0) is 23.2 Å². The average Bonchev–Trinajstić information content (AvgIpc) is 2.93. The molecule has 2 heterocycles. The topological polar surface area (TPSA) is 86.1 Å². The van der Waals surface area contributed by atoms with Gasteiger partial charge in [-0.2, -0.15) is 5.26 Å². The molecule has 1 aromatic carbocycles. The number of ether oxygens (including phenoxy) is 5. The number of benzene rings is 1. The summed E-state index contributed by atoms with van der Waals surface area (Å²) in [6.45, 7) is 12.4. The van der Waals surface area contributed by atoms with Gasteiger partial charge in [-0.3, -0.25) is 4.98 Å². The van der Waals surface area contributed by atoms with Crippen molar-refractivity contribution in [2.75, 3.05) is 41.5 Å². The standard InChI is InChI=1S/C32H47N3O5/c1-22(2)32(21-33,26-19-34-23(3)29-25(26)20-39-31(4,5)40-29)14-11-10-12-15-35(6)16-13-24-17-27(36-7)30(38-9)28(18-24)37-8/h17-19,22H,10-16,20H2,1-9H3. The number of hydrogen-bond acceptors (Lipinski definition) is 8. The molecule has 0 saturated carbocycles. The molecule has 0 bridgehead atoms. The second-order valence-corrected chi connectivity index (χ2v) is 11.5. The van der Waals surface area contributed by atoms with Gasteiger partial charge in [0.1, 0.15) is 5.75 Å². The molecule has 0 saturated heterocycles. The fourth-order valence-electron chi connectivity index (χ4n) is 5.48. The number of rotatable bonds is 14. The molecule has 3 rings (SSSR count). The quantitative estimate of drug-likeness (QED) is 0.255. The van der Waals surface area contributed by atoms with Crippen molar-refractivity contribution in [3.05, 3.63) is 40.7 Å². The summed E-state index contributed by atoms with van der Waals surface area (Å²) in [6, 6.07) is 6.72. The first kappa shape index (κ1) is 31.5. The zero-order valence-electron chi connectivity index (χ0n) is 25.8. The Morgan fingerprint density at radius 1 is 1.07 bits per heavy atom. The van der Waals surface area contributed by atoms with Crippen molar-refractivity contribution in [2.24, 2.45) is 5.92 Å². The van der Waals surface area contributed by atoms with Crippen molar-refractivity contribution in [3.8, 4) is 29.1 Å². The maximum atomic E-state index is 10.5. The van der Waals surface area contributed by atoms with E-state index < -0.39 is 11.2 Å². The Balaban J connectivity index is 1.58. The van der Waals surface area contributed by atoms with Crippen LogP contribution in [0.2, 0.25) is 0 Å². The van der Waals surface area contributed by atoms with Crippen molar-refractivity contribution in [1.82, 2.24) is 9.88 Å². The Morgan fingerprint density at radius 2 is 1.75 bits per heavy atom. The number of methoxy groups -OCH3 is 3. The summed E-state index contributed by atoms with van der Waals surface area (Å²) in [5.41, 5.74) is 3.25. The number of aromatic nitrogens is 1. The molecule has 0 amide bonds. The van der Waals surface area contributed by atoms with Crippen LogP contribution >= 0.6 is 0 Å². The Bertz CT molecular complexity index is 1160. The lowest BCUT2D eigenvalue weighted by Crippen LogP contribution is -2.39. The van der Waals surface area contributed by atoms with Crippen LogP contribution < -0.4 is 18.9 Å². The van der Waals surface area contributed by atoms with Crippen molar-refractivity contribution >= 4 is 0 Å². The van der Waals surface area contributed by atoms with Gasteiger partial charge in [0.05, 0.1) is 45.1 Å². The largest absolute Gasteiger partial charge is 0.493 e. The fraction of sp³-hybridized carbons (Fsp3) is 0.625. The predicted molar refractivity (Wildman–Crippen MR) is 156 cm³/mol. The summed E-state index contributed by atoms with van der Waals surface area (Å²) in [6.07, 6.45) is 6.60. The minimum absolute atomic E-state index is 0.127. The van der Waals surface area contributed by atoms with E-state index in [1.54, 1.807) is 21.3 Å². The summed E-state index contributed by atoms with van der Waals surface area (Å²) >= 11 is 0. The SMILES string of the molecule is COc1cc(CCN(C)CCCCCC(C#N)(c2cnc(C)c3c2COC(C)(C)O3)C(C)C)cc(OC)c1OC. The Kier molecular flexibility index (Phi) is 10.7. The first-order chi connectivity index (χ1) is 19.0. The number of fused-ring (bicyclic) bond motifs is 1. The summed E-state index contributed by atoms with van der Waals surface area (Å²) in [5, 5.41) is 10.5. The first-order valence-corrected chi connectivity index (χ1v) is 14.2. The van der Waals surface area contributed by atoms with Gasteiger partial charge in [0.15, 0.2) is 11.5 Å². The Hall–Kier alpha value is -3.02. The molecule has 1 aromatic heterocycles. The zero-order valence-corrected chi connectivity index (χ0v) is 25.8. The number of nitrogens with zero attached hydrogens (tertiary/aromatic N) is 3. The Labute approximate surface area is 240 Å². The number of likely N-dealkylation sites (N-methyl/N-ethyl adjacent to an activating group) is 1.